The van der Waals surface area contributed by atoms with E-state index >= 15 is 0 Å². The molecule has 5 nitrogen and oxygen atoms in total. The van der Waals surface area contributed by atoms with Crippen LogP contribution >= 0.6 is 0 Å². The fraction of sp³-hybridized carbons (Fsp3) is 0.318. The Labute approximate surface area is 170 Å². The molecule has 0 saturated carbocycles. The van der Waals surface area contributed by atoms with Gasteiger partial charge < -0.3 is 4.98 Å². The molecule has 0 amide bonds. The molecule has 2 unspecified atom stereocenters. The number of hydrogen-bond donors (Lipinski definition) is 1. The molecule has 3 aromatic rings. The normalized spacial score (nSPS) is 20.2. The van der Waals surface area contributed by atoms with Crippen LogP contribution in [0.1, 0.15) is 42.3 Å². The van der Waals surface area contributed by atoms with Gasteiger partial charge >= 0.3 is 0 Å². The number of halogens is 1. The Balaban J connectivity index is 1.68. The number of benzene rings is 2. The van der Waals surface area contributed by atoms with E-state index in [2.05, 4.69) is 9.97 Å². The Morgan fingerprint density at radius 3 is 2.48 bits per heavy atom. The third kappa shape index (κ3) is 4.11. The number of aromatic nitrogens is 2. The highest BCUT2D eigenvalue weighted by atomic mass is 32.2. The van der Waals surface area contributed by atoms with Crippen LogP contribution in [0.15, 0.2) is 65.8 Å². The van der Waals surface area contributed by atoms with Crippen LogP contribution in [-0.2, 0) is 16.4 Å². The van der Waals surface area contributed by atoms with Gasteiger partial charge in [-0.05, 0) is 56.0 Å². The highest BCUT2D eigenvalue weighted by Crippen LogP contribution is 2.41. The van der Waals surface area contributed by atoms with Crippen LogP contribution in [-0.4, -0.2) is 28.7 Å². The average molecular weight is 414 g/mol. The van der Waals surface area contributed by atoms with Crippen molar-refractivity contribution in [2.24, 2.45) is 0 Å². The summed E-state index contributed by atoms with van der Waals surface area (Å²) in [6, 6.07) is 12.7. The van der Waals surface area contributed by atoms with Crippen molar-refractivity contribution in [1.82, 2.24) is 14.3 Å². The molecule has 152 valence electrons. The molecule has 29 heavy (non-hydrogen) atoms. The molecule has 1 aliphatic heterocycles. The highest BCUT2D eigenvalue weighted by molar-refractivity contribution is 7.89. The maximum absolute atomic E-state index is 13.6. The molecule has 2 heterocycles. The standard InChI is InChI=1S/C22H24FN3O2S/c1-16-2-10-20(11-3-16)29(27,28)26-19(9-13-22-24-14-15-25-22)8-12-21(26)17-4-6-18(23)7-5-17/h2-7,10-11,14-15,19,21H,8-9,12-13H2,1H3,(H,24,25). The summed E-state index contributed by atoms with van der Waals surface area (Å²) in [4.78, 5) is 7.63. The molecule has 2 aromatic carbocycles. The van der Waals surface area contributed by atoms with Crippen molar-refractivity contribution >= 4 is 10.0 Å². The summed E-state index contributed by atoms with van der Waals surface area (Å²) in [6.45, 7) is 1.93. The number of sulfonamides is 1. The minimum atomic E-state index is -3.69. The van der Waals surface area contributed by atoms with Gasteiger partial charge in [-0.25, -0.2) is 17.8 Å². The Hall–Kier alpha value is -2.51. The number of hydrogen-bond acceptors (Lipinski definition) is 3. The fourth-order valence-electron chi connectivity index (χ4n) is 4.06. The van der Waals surface area contributed by atoms with E-state index in [-0.39, 0.29) is 17.9 Å². The Bertz CT molecular complexity index is 1050. The van der Waals surface area contributed by atoms with Crippen LogP contribution in [0.4, 0.5) is 4.39 Å². The van der Waals surface area contributed by atoms with Gasteiger partial charge in [-0.15, -0.1) is 0 Å². The van der Waals surface area contributed by atoms with Crippen molar-refractivity contribution in [2.75, 3.05) is 0 Å². The Kier molecular flexibility index (Phi) is 5.52. The first kappa shape index (κ1) is 19.8. The number of H-pyrrole nitrogens is 1. The third-order valence-electron chi connectivity index (χ3n) is 5.56. The van der Waals surface area contributed by atoms with Crippen LogP contribution in [0.2, 0.25) is 0 Å². The SMILES string of the molecule is Cc1ccc(S(=O)(=O)N2C(CCc3ncc[nH]3)CCC2c2ccc(F)cc2)cc1. The van der Waals surface area contributed by atoms with Crippen molar-refractivity contribution in [3.05, 3.63) is 83.7 Å². The van der Waals surface area contributed by atoms with Crippen LogP contribution in [0, 0.1) is 12.7 Å². The van der Waals surface area contributed by atoms with Crippen LogP contribution in [0.25, 0.3) is 0 Å². The van der Waals surface area contributed by atoms with E-state index < -0.39 is 10.0 Å². The van der Waals surface area contributed by atoms with Crippen molar-refractivity contribution in [3.63, 3.8) is 0 Å². The van der Waals surface area contributed by atoms with Crippen molar-refractivity contribution in [1.29, 1.82) is 0 Å². The second-order valence-electron chi connectivity index (χ2n) is 7.52. The van der Waals surface area contributed by atoms with Gasteiger partial charge in [-0.1, -0.05) is 29.8 Å². The maximum Gasteiger partial charge on any atom is 0.243 e. The first-order chi connectivity index (χ1) is 13.9. The molecule has 1 aromatic heterocycles. The lowest BCUT2D eigenvalue weighted by molar-refractivity contribution is 0.312. The summed E-state index contributed by atoms with van der Waals surface area (Å²) in [5, 5.41) is 0. The van der Waals surface area contributed by atoms with E-state index in [9.17, 15) is 12.8 Å². The molecule has 0 bridgehead atoms. The number of aromatic amines is 1. The summed E-state index contributed by atoms with van der Waals surface area (Å²) in [6.07, 6.45) is 6.29. The van der Waals surface area contributed by atoms with E-state index in [1.54, 1.807) is 41.0 Å². The van der Waals surface area contributed by atoms with E-state index in [0.717, 1.165) is 23.4 Å². The molecule has 0 aliphatic carbocycles. The summed E-state index contributed by atoms with van der Waals surface area (Å²) < 4.78 is 42.2. The molecule has 1 aliphatic rings. The molecule has 1 saturated heterocycles. The molecule has 0 spiro atoms. The second kappa shape index (κ2) is 8.08. The van der Waals surface area contributed by atoms with E-state index in [1.807, 2.05) is 19.1 Å². The fourth-order valence-corrected chi connectivity index (χ4v) is 5.95. The molecule has 2 atom stereocenters. The smallest absolute Gasteiger partial charge is 0.243 e. The van der Waals surface area contributed by atoms with Crippen molar-refractivity contribution in [2.45, 2.75) is 49.6 Å². The van der Waals surface area contributed by atoms with Gasteiger partial charge in [0.1, 0.15) is 11.6 Å². The maximum atomic E-state index is 13.6. The van der Waals surface area contributed by atoms with E-state index in [1.165, 1.54) is 12.1 Å². The third-order valence-corrected chi connectivity index (χ3v) is 7.54. The topological polar surface area (TPSA) is 66.1 Å². The van der Waals surface area contributed by atoms with Crippen LogP contribution in [0.5, 0.6) is 0 Å². The summed E-state index contributed by atoms with van der Waals surface area (Å²) >= 11 is 0. The number of rotatable bonds is 6. The predicted octanol–water partition coefficient (Wildman–Crippen LogP) is 4.38. The van der Waals surface area contributed by atoms with Gasteiger partial charge in [0.15, 0.2) is 0 Å². The molecular formula is C22H24FN3O2S. The van der Waals surface area contributed by atoms with Gasteiger partial charge in [0.05, 0.1) is 10.9 Å². The molecule has 4 rings (SSSR count). The van der Waals surface area contributed by atoms with Crippen LogP contribution in [0.3, 0.4) is 0 Å². The minimum absolute atomic E-state index is 0.138. The van der Waals surface area contributed by atoms with Gasteiger partial charge in [0.2, 0.25) is 10.0 Å². The Morgan fingerprint density at radius 2 is 1.83 bits per heavy atom. The first-order valence-electron chi connectivity index (χ1n) is 9.79. The lowest BCUT2D eigenvalue weighted by atomic mass is 10.0. The van der Waals surface area contributed by atoms with Gasteiger partial charge in [-0.2, -0.15) is 4.31 Å². The average Bonchev–Trinajstić information content (AvgIpc) is 3.37. The van der Waals surface area contributed by atoms with E-state index in [0.29, 0.717) is 24.2 Å². The number of nitrogens with one attached hydrogen (secondary N) is 1. The highest BCUT2D eigenvalue weighted by Gasteiger charge is 2.42. The second-order valence-corrected chi connectivity index (χ2v) is 9.36. The molecule has 7 heteroatoms. The van der Waals surface area contributed by atoms with Crippen molar-refractivity contribution < 1.29 is 12.8 Å². The largest absolute Gasteiger partial charge is 0.349 e. The predicted molar refractivity (Wildman–Crippen MR) is 109 cm³/mol. The molecule has 1 fully saturated rings. The molecule has 1 N–H and O–H groups in total. The Morgan fingerprint density at radius 1 is 1.10 bits per heavy atom. The van der Waals surface area contributed by atoms with Gasteiger partial charge in [0.25, 0.3) is 0 Å². The summed E-state index contributed by atoms with van der Waals surface area (Å²) in [5.74, 6) is 0.525. The number of aryl methyl sites for hydroxylation is 2. The van der Waals surface area contributed by atoms with E-state index in [4.69, 9.17) is 0 Å². The zero-order valence-corrected chi connectivity index (χ0v) is 17.1. The minimum Gasteiger partial charge on any atom is -0.349 e. The molecule has 0 radical (unpaired) electrons. The summed E-state index contributed by atoms with van der Waals surface area (Å²) in [7, 11) is -3.69. The zero-order chi connectivity index (χ0) is 20.4. The lowest BCUT2D eigenvalue weighted by Crippen LogP contribution is -2.37. The monoisotopic (exact) mass is 413 g/mol. The lowest BCUT2D eigenvalue weighted by Gasteiger charge is -2.30. The van der Waals surface area contributed by atoms with Crippen molar-refractivity contribution in [3.8, 4) is 0 Å². The number of nitrogens with zero attached hydrogens (tertiary/aromatic N) is 2. The summed E-state index contributed by atoms with van der Waals surface area (Å²) in [5.41, 5.74) is 1.83. The van der Waals surface area contributed by atoms with Gasteiger partial charge in [0, 0.05) is 24.9 Å². The number of imidazole rings is 1. The van der Waals surface area contributed by atoms with Gasteiger partial charge in [-0.3, -0.25) is 0 Å². The first-order valence-corrected chi connectivity index (χ1v) is 11.2. The zero-order valence-electron chi connectivity index (χ0n) is 16.3. The quantitative estimate of drug-likeness (QED) is 0.652. The van der Waals surface area contributed by atoms with Crippen LogP contribution < -0.4 is 0 Å². The molecular weight excluding hydrogens is 389 g/mol.